The SMILES string of the molecule is CNc1nc(Nc2cc(Cl)ccc2F)cc(-c2ccncc2)n1. The van der Waals surface area contributed by atoms with E-state index >= 15 is 0 Å². The molecule has 2 aromatic heterocycles. The molecule has 0 radical (unpaired) electrons. The van der Waals surface area contributed by atoms with E-state index in [-0.39, 0.29) is 5.69 Å². The molecule has 0 bridgehead atoms. The molecular formula is C16H13ClFN5. The number of anilines is 3. The van der Waals surface area contributed by atoms with Crippen molar-refractivity contribution in [3.05, 3.63) is 59.6 Å². The maximum atomic E-state index is 13.9. The molecule has 0 saturated heterocycles. The summed E-state index contributed by atoms with van der Waals surface area (Å²) in [4.78, 5) is 12.7. The zero-order valence-corrected chi connectivity index (χ0v) is 13.0. The van der Waals surface area contributed by atoms with Crippen LogP contribution in [0.4, 0.5) is 21.8 Å². The standard InChI is InChI=1S/C16H13ClFN5/c1-19-16-22-13(10-4-6-20-7-5-10)9-15(23-16)21-14-8-11(17)2-3-12(14)18/h2-9H,1H3,(H2,19,21,22,23). The van der Waals surface area contributed by atoms with Crippen LogP contribution in [0, 0.1) is 5.82 Å². The van der Waals surface area contributed by atoms with Crippen molar-refractivity contribution in [3.8, 4) is 11.3 Å². The Bertz CT molecular complexity index is 826. The van der Waals surface area contributed by atoms with Gasteiger partial charge in [0.2, 0.25) is 5.95 Å². The number of nitrogens with one attached hydrogen (secondary N) is 2. The number of benzene rings is 1. The molecule has 0 saturated carbocycles. The largest absolute Gasteiger partial charge is 0.357 e. The lowest BCUT2D eigenvalue weighted by Gasteiger charge is -2.11. The van der Waals surface area contributed by atoms with Gasteiger partial charge < -0.3 is 10.6 Å². The molecule has 0 amide bonds. The van der Waals surface area contributed by atoms with Gasteiger partial charge in [-0.2, -0.15) is 4.98 Å². The Hall–Kier alpha value is -2.73. The summed E-state index contributed by atoms with van der Waals surface area (Å²) in [5.74, 6) is 0.464. The zero-order chi connectivity index (χ0) is 16.2. The molecule has 0 unspecified atom stereocenters. The number of nitrogens with zero attached hydrogens (tertiary/aromatic N) is 3. The maximum Gasteiger partial charge on any atom is 0.224 e. The second kappa shape index (κ2) is 6.58. The molecule has 3 aromatic rings. The molecule has 0 atom stereocenters. The van der Waals surface area contributed by atoms with E-state index in [1.54, 1.807) is 25.5 Å². The summed E-state index contributed by atoms with van der Waals surface area (Å²) in [6.07, 6.45) is 3.36. The van der Waals surface area contributed by atoms with Crippen LogP contribution in [0.1, 0.15) is 0 Å². The monoisotopic (exact) mass is 329 g/mol. The van der Waals surface area contributed by atoms with Crippen molar-refractivity contribution in [3.63, 3.8) is 0 Å². The molecule has 0 spiro atoms. The summed E-state index contributed by atoms with van der Waals surface area (Å²) < 4.78 is 13.9. The van der Waals surface area contributed by atoms with Gasteiger partial charge in [-0.25, -0.2) is 9.37 Å². The summed E-state index contributed by atoms with van der Waals surface area (Å²) in [6.45, 7) is 0. The Labute approximate surface area is 137 Å². The molecule has 3 rings (SSSR count). The van der Waals surface area contributed by atoms with Crippen LogP contribution < -0.4 is 10.6 Å². The predicted molar refractivity (Wildman–Crippen MR) is 89.5 cm³/mol. The van der Waals surface area contributed by atoms with Gasteiger partial charge in [0.1, 0.15) is 11.6 Å². The molecular weight excluding hydrogens is 317 g/mol. The zero-order valence-electron chi connectivity index (χ0n) is 12.2. The molecule has 0 aliphatic carbocycles. The second-order valence-corrected chi connectivity index (χ2v) is 5.13. The van der Waals surface area contributed by atoms with E-state index in [9.17, 15) is 4.39 Å². The van der Waals surface area contributed by atoms with Crippen LogP contribution >= 0.6 is 11.6 Å². The average Bonchev–Trinajstić information content (AvgIpc) is 2.58. The van der Waals surface area contributed by atoms with Crippen molar-refractivity contribution >= 4 is 29.1 Å². The van der Waals surface area contributed by atoms with Crippen molar-refractivity contribution in [2.75, 3.05) is 17.7 Å². The van der Waals surface area contributed by atoms with Crippen LogP contribution in [0.5, 0.6) is 0 Å². The first-order valence-corrected chi connectivity index (χ1v) is 7.23. The molecule has 2 N–H and O–H groups in total. The first-order valence-electron chi connectivity index (χ1n) is 6.85. The molecule has 5 nitrogen and oxygen atoms in total. The van der Waals surface area contributed by atoms with Gasteiger partial charge in [-0.1, -0.05) is 11.6 Å². The minimum atomic E-state index is -0.413. The Kier molecular flexibility index (Phi) is 4.34. The van der Waals surface area contributed by atoms with Crippen LogP contribution in [0.3, 0.4) is 0 Å². The fourth-order valence-corrected chi connectivity index (χ4v) is 2.20. The Balaban J connectivity index is 2.00. The normalized spacial score (nSPS) is 10.4. The van der Waals surface area contributed by atoms with Crippen LogP contribution in [0.25, 0.3) is 11.3 Å². The summed E-state index contributed by atoms with van der Waals surface area (Å²) in [5, 5.41) is 6.26. The Morgan fingerprint density at radius 1 is 1.04 bits per heavy atom. The Morgan fingerprint density at radius 2 is 1.83 bits per heavy atom. The van der Waals surface area contributed by atoms with E-state index in [1.807, 2.05) is 12.1 Å². The van der Waals surface area contributed by atoms with Crippen molar-refractivity contribution in [2.24, 2.45) is 0 Å². The third kappa shape index (κ3) is 3.54. The van der Waals surface area contributed by atoms with E-state index in [0.717, 1.165) is 5.56 Å². The Morgan fingerprint density at radius 3 is 2.57 bits per heavy atom. The highest BCUT2D eigenvalue weighted by molar-refractivity contribution is 6.30. The summed E-state index contributed by atoms with van der Waals surface area (Å²) in [7, 11) is 1.72. The molecule has 2 heterocycles. The molecule has 0 fully saturated rings. The van der Waals surface area contributed by atoms with Crippen LogP contribution in [0.2, 0.25) is 5.02 Å². The van der Waals surface area contributed by atoms with Crippen LogP contribution in [-0.4, -0.2) is 22.0 Å². The van der Waals surface area contributed by atoms with Gasteiger partial charge in [-0.3, -0.25) is 4.98 Å². The van der Waals surface area contributed by atoms with Gasteiger partial charge in [0.25, 0.3) is 0 Å². The van der Waals surface area contributed by atoms with Gasteiger partial charge in [0.05, 0.1) is 11.4 Å². The highest BCUT2D eigenvalue weighted by Crippen LogP contribution is 2.26. The van der Waals surface area contributed by atoms with Gasteiger partial charge in [-0.15, -0.1) is 0 Å². The fourth-order valence-electron chi connectivity index (χ4n) is 2.02. The lowest BCUT2D eigenvalue weighted by atomic mass is 10.2. The van der Waals surface area contributed by atoms with Gasteiger partial charge in [-0.05, 0) is 30.3 Å². The van der Waals surface area contributed by atoms with E-state index in [2.05, 4.69) is 25.6 Å². The minimum Gasteiger partial charge on any atom is -0.357 e. The van der Waals surface area contributed by atoms with Crippen LogP contribution in [-0.2, 0) is 0 Å². The number of pyridine rings is 1. The van der Waals surface area contributed by atoms with Crippen molar-refractivity contribution in [2.45, 2.75) is 0 Å². The average molecular weight is 330 g/mol. The number of hydrogen-bond donors (Lipinski definition) is 2. The summed E-state index contributed by atoms with van der Waals surface area (Å²) >= 11 is 5.91. The quantitative estimate of drug-likeness (QED) is 0.754. The van der Waals surface area contributed by atoms with Gasteiger partial charge in [0.15, 0.2) is 0 Å². The fraction of sp³-hybridized carbons (Fsp3) is 0.0625. The molecule has 23 heavy (non-hydrogen) atoms. The highest BCUT2D eigenvalue weighted by Gasteiger charge is 2.09. The van der Waals surface area contributed by atoms with E-state index in [4.69, 9.17) is 11.6 Å². The third-order valence-electron chi connectivity index (χ3n) is 3.12. The molecule has 0 aliphatic rings. The van der Waals surface area contributed by atoms with Crippen molar-refractivity contribution in [1.29, 1.82) is 0 Å². The van der Waals surface area contributed by atoms with Gasteiger partial charge >= 0.3 is 0 Å². The van der Waals surface area contributed by atoms with E-state index in [0.29, 0.717) is 22.5 Å². The van der Waals surface area contributed by atoms with Crippen molar-refractivity contribution < 1.29 is 4.39 Å². The first kappa shape index (κ1) is 15.2. The maximum absolute atomic E-state index is 13.9. The highest BCUT2D eigenvalue weighted by atomic mass is 35.5. The number of rotatable bonds is 4. The molecule has 7 heteroatoms. The molecule has 0 aliphatic heterocycles. The van der Waals surface area contributed by atoms with E-state index in [1.165, 1.54) is 18.2 Å². The van der Waals surface area contributed by atoms with E-state index < -0.39 is 5.82 Å². The van der Waals surface area contributed by atoms with Crippen molar-refractivity contribution in [1.82, 2.24) is 15.0 Å². The van der Waals surface area contributed by atoms with Crippen LogP contribution in [0.15, 0.2) is 48.8 Å². The molecule has 116 valence electrons. The number of hydrogen-bond acceptors (Lipinski definition) is 5. The topological polar surface area (TPSA) is 62.7 Å². The molecule has 1 aromatic carbocycles. The minimum absolute atomic E-state index is 0.249. The summed E-state index contributed by atoms with van der Waals surface area (Å²) in [5.41, 5.74) is 1.82. The lowest BCUT2D eigenvalue weighted by Crippen LogP contribution is -2.03. The predicted octanol–water partition coefficient (Wildman–Crippen LogP) is 4.12. The van der Waals surface area contributed by atoms with Gasteiger partial charge in [0, 0.05) is 36.1 Å². The third-order valence-corrected chi connectivity index (χ3v) is 3.35. The lowest BCUT2D eigenvalue weighted by molar-refractivity contribution is 0.632. The second-order valence-electron chi connectivity index (χ2n) is 4.70. The smallest absolute Gasteiger partial charge is 0.224 e. The summed E-state index contributed by atoms with van der Waals surface area (Å²) in [6, 6.07) is 9.70. The number of aromatic nitrogens is 3. The first-order chi connectivity index (χ1) is 11.2. The number of halogens is 2.